The number of carbonyl (C=O) groups excluding carboxylic acids is 1. The van der Waals surface area contributed by atoms with E-state index in [-0.39, 0.29) is 18.6 Å². The standard InChI is InChI=1S/C19H20N2O2S/c1-14-10-17(16-7-9-24-13-16)11-21(14)19(22)12-23-18-4-2-15(3-5-18)6-8-20/h2-5,7,9,13-14,17H,6,10-12H2,1H3/t14-,17+/m1/s1. The lowest BCUT2D eigenvalue weighted by molar-refractivity contribution is -0.133. The van der Waals surface area contributed by atoms with Gasteiger partial charge in [0.1, 0.15) is 5.75 Å². The Bertz CT molecular complexity index is 719. The van der Waals surface area contributed by atoms with Crippen LogP contribution in [0.3, 0.4) is 0 Å². The summed E-state index contributed by atoms with van der Waals surface area (Å²) in [6.07, 6.45) is 1.39. The summed E-state index contributed by atoms with van der Waals surface area (Å²) in [5.74, 6) is 1.12. The zero-order valence-electron chi connectivity index (χ0n) is 13.6. The maximum Gasteiger partial charge on any atom is 0.260 e. The van der Waals surface area contributed by atoms with Crippen molar-refractivity contribution in [2.45, 2.75) is 31.7 Å². The fourth-order valence-corrected chi connectivity index (χ4v) is 3.89. The van der Waals surface area contributed by atoms with E-state index in [9.17, 15) is 4.79 Å². The number of thiophene rings is 1. The minimum atomic E-state index is 0.0290. The number of carbonyl (C=O) groups is 1. The lowest BCUT2D eigenvalue weighted by Gasteiger charge is -2.21. The molecule has 4 nitrogen and oxygen atoms in total. The van der Waals surface area contributed by atoms with Crippen LogP contribution in [0, 0.1) is 11.3 Å². The Morgan fingerprint density at radius 3 is 2.83 bits per heavy atom. The van der Waals surface area contributed by atoms with Crippen LogP contribution in [-0.2, 0) is 11.2 Å². The number of rotatable bonds is 5. The van der Waals surface area contributed by atoms with E-state index >= 15 is 0 Å². The molecule has 0 bridgehead atoms. The maximum atomic E-state index is 12.5. The summed E-state index contributed by atoms with van der Waals surface area (Å²) in [4.78, 5) is 14.4. The zero-order valence-corrected chi connectivity index (χ0v) is 14.5. The molecule has 1 aromatic carbocycles. The van der Waals surface area contributed by atoms with E-state index in [1.54, 1.807) is 11.3 Å². The molecule has 0 N–H and O–H groups in total. The molecule has 124 valence electrons. The highest BCUT2D eigenvalue weighted by atomic mass is 32.1. The van der Waals surface area contributed by atoms with Crippen molar-refractivity contribution in [1.29, 1.82) is 5.26 Å². The summed E-state index contributed by atoms with van der Waals surface area (Å²) in [6.45, 7) is 2.92. The van der Waals surface area contributed by atoms with E-state index in [2.05, 4.69) is 29.8 Å². The Balaban J connectivity index is 1.54. The van der Waals surface area contributed by atoms with Gasteiger partial charge in [-0.1, -0.05) is 12.1 Å². The van der Waals surface area contributed by atoms with E-state index < -0.39 is 0 Å². The molecule has 3 rings (SSSR count). The first-order chi connectivity index (χ1) is 11.7. The lowest BCUT2D eigenvalue weighted by Crippen LogP contribution is -2.37. The van der Waals surface area contributed by atoms with Crippen LogP contribution in [0.2, 0.25) is 0 Å². The number of nitriles is 1. The van der Waals surface area contributed by atoms with Gasteiger partial charge in [0.2, 0.25) is 0 Å². The average Bonchev–Trinajstić information content (AvgIpc) is 3.23. The number of hydrogen-bond donors (Lipinski definition) is 0. The predicted molar refractivity (Wildman–Crippen MR) is 94.1 cm³/mol. The van der Waals surface area contributed by atoms with Gasteiger partial charge in [0, 0.05) is 18.5 Å². The summed E-state index contributed by atoms with van der Waals surface area (Å²) in [6, 6.07) is 11.8. The Morgan fingerprint density at radius 1 is 1.38 bits per heavy atom. The molecule has 0 saturated carbocycles. The molecule has 0 aliphatic carbocycles. The highest BCUT2D eigenvalue weighted by Crippen LogP contribution is 2.32. The van der Waals surface area contributed by atoms with Crippen molar-refractivity contribution < 1.29 is 9.53 Å². The van der Waals surface area contributed by atoms with Crippen LogP contribution in [0.1, 0.15) is 30.4 Å². The number of hydrogen-bond acceptors (Lipinski definition) is 4. The van der Waals surface area contributed by atoms with Crippen LogP contribution < -0.4 is 4.74 Å². The van der Waals surface area contributed by atoms with E-state index in [4.69, 9.17) is 10.00 Å². The monoisotopic (exact) mass is 340 g/mol. The smallest absolute Gasteiger partial charge is 0.260 e. The van der Waals surface area contributed by atoms with Crippen LogP contribution in [0.25, 0.3) is 0 Å². The quantitative estimate of drug-likeness (QED) is 0.836. The van der Waals surface area contributed by atoms with Crippen molar-refractivity contribution in [3.8, 4) is 11.8 Å². The van der Waals surface area contributed by atoms with Gasteiger partial charge in [-0.25, -0.2) is 0 Å². The van der Waals surface area contributed by atoms with Crippen molar-refractivity contribution in [2.24, 2.45) is 0 Å². The van der Waals surface area contributed by atoms with E-state index in [0.717, 1.165) is 18.5 Å². The van der Waals surface area contributed by atoms with Gasteiger partial charge in [-0.3, -0.25) is 4.79 Å². The first-order valence-electron chi connectivity index (χ1n) is 8.07. The maximum absolute atomic E-state index is 12.5. The second-order valence-corrected chi connectivity index (χ2v) is 6.93. The molecule has 1 aliphatic heterocycles. The number of ether oxygens (including phenoxy) is 1. The topological polar surface area (TPSA) is 53.3 Å². The van der Waals surface area contributed by atoms with Gasteiger partial charge in [-0.2, -0.15) is 16.6 Å². The number of nitrogens with zero attached hydrogens (tertiary/aromatic N) is 2. The van der Waals surface area contributed by atoms with Gasteiger partial charge in [0.25, 0.3) is 5.91 Å². The second kappa shape index (κ2) is 7.50. The molecule has 2 atom stereocenters. The lowest BCUT2D eigenvalue weighted by atomic mass is 10.00. The van der Waals surface area contributed by atoms with E-state index in [1.807, 2.05) is 29.2 Å². The molecule has 0 radical (unpaired) electrons. The molecular weight excluding hydrogens is 320 g/mol. The first kappa shape index (κ1) is 16.5. The number of benzene rings is 1. The molecule has 24 heavy (non-hydrogen) atoms. The van der Waals surface area contributed by atoms with Gasteiger partial charge in [-0.05, 0) is 53.4 Å². The van der Waals surface area contributed by atoms with Crippen LogP contribution in [0.15, 0.2) is 41.1 Å². The van der Waals surface area contributed by atoms with Gasteiger partial charge >= 0.3 is 0 Å². The molecule has 2 heterocycles. The van der Waals surface area contributed by atoms with Crippen molar-refractivity contribution in [3.05, 3.63) is 52.2 Å². The molecule has 5 heteroatoms. The fraction of sp³-hybridized carbons (Fsp3) is 0.368. The van der Waals surface area contributed by atoms with Crippen LogP contribution in [0.4, 0.5) is 0 Å². The van der Waals surface area contributed by atoms with Crippen molar-refractivity contribution in [2.75, 3.05) is 13.2 Å². The van der Waals surface area contributed by atoms with E-state index in [1.165, 1.54) is 5.56 Å². The first-order valence-corrected chi connectivity index (χ1v) is 9.02. The van der Waals surface area contributed by atoms with E-state index in [0.29, 0.717) is 18.1 Å². The molecule has 0 spiro atoms. The van der Waals surface area contributed by atoms with Gasteiger partial charge in [0.15, 0.2) is 6.61 Å². The van der Waals surface area contributed by atoms with Gasteiger partial charge in [0.05, 0.1) is 12.5 Å². The molecule has 1 saturated heterocycles. The highest BCUT2D eigenvalue weighted by molar-refractivity contribution is 7.07. The molecule has 2 aromatic rings. The summed E-state index contributed by atoms with van der Waals surface area (Å²) in [7, 11) is 0. The molecule has 1 aliphatic rings. The van der Waals surface area contributed by atoms with Gasteiger partial charge in [-0.15, -0.1) is 0 Å². The normalized spacial score (nSPS) is 19.9. The molecule has 1 amide bonds. The third-order valence-electron chi connectivity index (χ3n) is 4.48. The predicted octanol–water partition coefficient (Wildman–Crippen LogP) is 3.60. The Kier molecular flexibility index (Phi) is 5.17. The van der Waals surface area contributed by atoms with Crippen molar-refractivity contribution >= 4 is 17.2 Å². The summed E-state index contributed by atoms with van der Waals surface area (Å²) in [5.41, 5.74) is 2.28. The number of likely N-dealkylation sites (tertiary alicyclic amines) is 1. The minimum Gasteiger partial charge on any atom is -0.484 e. The second-order valence-electron chi connectivity index (χ2n) is 6.15. The summed E-state index contributed by atoms with van der Waals surface area (Å²) >= 11 is 1.70. The molecule has 0 unspecified atom stereocenters. The van der Waals surface area contributed by atoms with Crippen molar-refractivity contribution in [1.82, 2.24) is 4.90 Å². The Hall–Kier alpha value is -2.32. The summed E-state index contributed by atoms with van der Waals surface area (Å²) < 4.78 is 5.62. The fourth-order valence-electron chi connectivity index (χ4n) is 3.15. The summed E-state index contributed by atoms with van der Waals surface area (Å²) in [5, 5.41) is 12.9. The highest BCUT2D eigenvalue weighted by Gasteiger charge is 2.33. The van der Waals surface area contributed by atoms with Crippen LogP contribution in [-0.4, -0.2) is 30.0 Å². The SMILES string of the molecule is C[C@@H]1C[C@H](c2ccsc2)CN1C(=O)COc1ccc(CC#N)cc1. The molecular formula is C19H20N2O2S. The Morgan fingerprint density at radius 2 is 2.17 bits per heavy atom. The molecule has 1 aromatic heterocycles. The zero-order chi connectivity index (χ0) is 16.9. The molecule has 1 fully saturated rings. The minimum absolute atomic E-state index is 0.0290. The third-order valence-corrected chi connectivity index (χ3v) is 5.18. The number of amides is 1. The van der Waals surface area contributed by atoms with Gasteiger partial charge < -0.3 is 9.64 Å². The Labute approximate surface area is 146 Å². The largest absolute Gasteiger partial charge is 0.484 e. The third kappa shape index (κ3) is 3.77. The average molecular weight is 340 g/mol. The van der Waals surface area contributed by atoms with Crippen LogP contribution >= 0.6 is 11.3 Å². The van der Waals surface area contributed by atoms with Crippen molar-refractivity contribution in [3.63, 3.8) is 0 Å². The van der Waals surface area contributed by atoms with Crippen LogP contribution in [0.5, 0.6) is 5.75 Å².